The molecule has 0 N–H and O–H groups in total. The molecular weight excluding hydrogens is 224 g/mol. The molecule has 0 bridgehead atoms. The third-order valence-electron chi connectivity index (χ3n) is 2.15. The maximum atomic E-state index is 8.74. The van der Waals surface area contributed by atoms with Gasteiger partial charge in [0.2, 0.25) is 5.88 Å². The van der Waals surface area contributed by atoms with E-state index < -0.39 is 0 Å². The van der Waals surface area contributed by atoms with Crippen molar-refractivity contribution in [3.63, 3.8) is 0 Å². The van der Waals surface area contributed by atoms with E-state index in [4.69, 9.17) is 21.6 Å². The molecule has 0 radical (unpaired) electrons. The van der Waals surface area contributed by atoms with Crippen molar-refractivity contribution < 1.29 is 4.74 Å². The molecule has 16 heavy (non-hydrogen) atoms. The number of unbranched alkanes of at least 4 members (excludes halogenated alkanes) is 3. The van der Waals surface area contributed by atoms with Gasteiger partial charge in [-0.25, -0.2) is 4.98 Å². The lowest BCUT2D eigenvalue weighted by Crippen LogP contribution is -1.99. The van der Waals surface area contributed by atoms with Crippen LogP contribution >= 0.6 is 11.6 Å². The van der Waals surface area contributed by atoms with E-state index in [-0.39, 0.29) is 0 Å². The maximum absolute atomic E-state index is 8.74. The zero-order chi connectivity index (χ0) is 11.8. The number of nitriles is 1. The van der Waals surface area contributed by atoms with Crippen LogP contribution in [0.2, 0.25) is 5.15 Å². The van der Waals surface area contributed by atoms with Gasteiger partial charge in [-0.1, -0.05) is 37.8 Å². The van der Waals surface area contributed by atoms with E-state index in [2.05, 4.69) is 11.9 Å². The SMILES string of the molecule is CCCCCCOc1cc(C#N)cc(Cl)n1. The minimum Gasteiger partial charge on any atom is -0.478 e. The summed E-state index contributed by atoms with van der Waals surface area (Å²) >= 11 is 5.75. The molecule has 1 aromatic heterocycles. The molecule has 0 saturated carbocycles. The van der Waals surface area contributed by atoms with Gasteiger partial charge in [-0.2, -0.15) is 5.26 Å². The van der Waals surface area contributed by atoms with Crippen LogP contribution in [0.5, 0.6) is 5.88 Å². The lowest BCUT2D eigenvalue weighted by atomic mass is 10.2. The Morgan fingerprint density at radius 1 is 1.38 bits per heavy atom. The van der Waals surface area contributed by atoms with Crippen LogP contribution in [0.1, 0.15) is 38.2 Å². The predicted octanol–water partition coefficient (Wildman–Crippen LogP) is 3.57. The first-order valence-corrected chi connectivity index (χ1v) is 5.84. The lowest BCUT2D eigenvalue weighted by molar-refractivity contribution is 0.294. The van der Waals surface area contributed by atoms with Crippen molar-refractivity contribution in [1.29, 1.82) is 5.26 Å². The van der Waals surface area contributed by atoms with E-state index >= 15 is 0 Å². The van der Waals surface area contributed by atoms with Crippen molar-refractivity contribution in [1.82, 2.24) is 4.98 Å². The van der Waals surface area contributed by atoms with Crippen LogP contribution in [0, 0.1) is 11.3 Å². The van der Waals surface area contributed by atoms with Gasteiger partial charge >= 0.3 is 0 Å². The topological polar surface area (TPSA) is 45.9 Å². The smallest absolute Gasteiger partial charge is 0.215 e. The van der Waals surface area contributed by atoms with Gasteiger partial charge in [-0.05, 0) is 12.5 Å². The van der Waals surface area contributed by atoms with Gasteiger partial charge in [-0.15, -0.1) is 0 Å². The number of rotatable bonds is 6. The molecule has 0 aliphatic heterocycles. The van der Waals surface area contributed by atoms with E-state index in [9.17, 15) is 0 Å². The summed E-state index contributed by atoms with van der Waals surface area (Å²) in [5.74, 6) is 0.431. The van der Waals surface area contributed by atoms with E-state index in [1.54, 1.807) is 6.07 Å². The van der Waals surface area contributed by atoms with Gasteiger partial charge in [0.1, 0.15) is 5.15 Å². The summed E-state index contributed by atoms with van der Waals surface area (Å²) in [6.07, 6.45) is 4.58. The van der Waals surface area contributed by atoms with Gasteiger partial charge in [0, 0.05) is 6.07 Å². The summed E-state index contributed by atoms with van der Waals surface area (Å²) < 4.78 is 5.43. The monoisotopic (exact) mass is 238 g/mol. The number of aromatic nitrogens is 1. The van der Waals surface area contributed by atoms with Crippen LogP contribution in [0.4, 0.5) is 0 Å². The van der Waals surface area contributed by atoms with Gasteiger partial charge in [0.05, 0.1) is 18.2 Å². The molecule has 1 heterocycles. The Morgan fingerprint density at radius 3 is 2.88 bits per heavy atom. The van der Waals surface area contributed by atoms with Crippen LogP contribution in [0.3, 0.4) is 0 Å². The summed E-state index contributed by atoms with van der Waals surface area (Å²) in [4.78, 5) is 3.99. The molecule has 0 unspecified atom stereocenters. The van der Waals surface area contributed by atoms with Crippen molar-refractivity contribution in [2.75, 3.05) is 6.61 Å². The number of halogens is 1. The van der Waals surface area contributed by atoms with E-state index in [1.807, 2.05) is 6.07 Å². The molecule has 0 saturated heterocycles. The number of hydrogen-bond donors (Lipinski definition) is 0. The zero-order valence-electron chi connectivity index (χ0n) is 9.37. The van der Waals surface area contributed by atoms with Crippen molar-refractivity contribution in [3.8, 4) is 11.9 Å². The Labute approximate surface area is 101 Å². The summed E-state index contributed by atoms with van der Waals surface area (Å²) in [5, 5.41) is 9.03. The fourth-order valence-corrected chi connectivity index (χ4v) is 1.52. The minimum atomic E-state index is 0.294. The number of pyridine rings is 1. The molecule has 86 valence electrons. The Balaban J connectivity index is 2.42. The Bertz CT molecular complexity index is 374. The van der Waals surface area contributed by atoms with Crippen molar-refractivity contribution in [3.05, 3.63) is 22.8 Å². The first-order chi connectivity index (χ1) is 7.76. The van der Waals surface area contributed by atoms with Crippen LogP contribution in [-0.4, -0.2) is 11.6 Å². The molecule has 0 spiro atoms. The highest BCUT2D eigenvalue weighted by Gasteiger charge is 2.01. The molecular formula is C12H15ClN2O. The van der Waals surface area contributed by atoms with E-state index in [0.29, 0.717) is 23.2 Å². The highest BCUT2D eigenvalue weighted by atomic mass is 35.5. The minimum absolute atomic E-state index is 0.294. The van der Waals surface area contributed by atoms with Gasteiger partial charge in [0.15, 0.2) is 0 Å². The molecule has 0 aromatic carbocycles. The highest BCUT2D eigenvalue weighted by Crippen LogP contribution is 2.16. The van der Waals surface area contributed by atoms with Gasteiger partial charge < -0.3 is 4.74 Å². The quantitative estimate of drug-likeness (QED) is 0.562. The average molecular weight is 239 g/mol. The molecule has 0 aliphatic rings. The third kappa shape index (κ3) is 4.50. The summed E-state index contributed by atoms with van der Waals surface area (Å²) in [6.45, 7) is 2.79. The maximum Gasteiger partial charge on any atom is 0.215 e. The van der Waals surface area contributed by atoms with Crippen molar-refractivity contribution >= 4 is 11.6 Å². The van der Waals surface area contributed by atoms with Crippen molar-refractivity contribution in [2.24, 2.45) is 0 Å². The van der Waals surface area contributed by atoms with Gasteiger partial charge in [0.25, 0.3) is 0 Å². The third-order valence-corrected chi connectivity index (χ3v) is 2.34. The second-order valence-corrected chi connectivity index (χ2v) is 3.92. The molecule has 3 nitrogen and oxygen atoms in total. The van der Waals surface area contributed by atoms with Crippen LogP contribution in [0.15, 0.2) is 12.1 Å². The molecule has 0 fully saturated rings. The fraction of sp³-hybridized carbons (Fsp3) is 0.500. The number of nitrogens with zero attached hydrogens (tertiary/aromatic N) is 2. The second kappa shape index (κ2) is 7.08. The fourth-order valence-electron chi connectivity index (χ4n) is 1.32. The average Bonchev–Trinajstić information content (AvgIpc) is 2.28. The summed E-state index contributed by atoms with van der Waals surface area (Å²) in [5.41, 5.74) is 0.476. The molecule has 1 aromatic rings. The predicted molar refractivity (Wildman–Crippen MR) is 63.6 cm³/mol. The second-order valence-electron chi connectivity index (χ2n) is 3.54. The van der Waals surface area contributed by atoms with Crippen molar-refractivity contribution in [2.45, 2.75) is 32.6 Å². The number of ether oxygens (including phenoxy) is 1. The van der Waals surface area contributed by atoms with E-state index in [1.165, 1.54) is 18.9 Å². The molecule has 4 heteroatoms. The molecule has 0 aliphatic carbocycles. The largest absolute Gasteiger partial charge is 0.478 e. The summed E-state index contributed by atoms with van der Waals surface area (Å²) in [6, 6.07) is 5.14. The Hall–Kier alpha value is -1.27. The van der Waals surface area contributed by atoms with Gasteiger partial charge in [-0.3, -0.25) is 0 Å². The van der Waals surface area contributed by atoms with E-state index in [0.717, 1.165) is 12.8 Å². The Kier molecular flexibility index (Phi) is 5.66. The van der Waals surface area contributed by atoms with Crippen LogP contribution in [0.25, 0.3) is 0 Å². The van der Waals surface area contributed by atoms with Crippen LogP contribution in [-0.2, 0) is 0 Å². The first-order valence-electron chi connectivity index (χ1n) is 5.46. The normalized spacial score (nSPS) is 9.81. The summed E-state index contributed by atoms with van der Waals surface area (Å²) in [7, 11) is 0. The zero-order valence-corrected chi connectivity index (χ0v) is 10.1. The number of hydrogen-bond acceptors (Lipinski definition) is 3. The van der Waals surface area contributed by atoms with Crippen LogP contribution < -0.4 is 4.74 Å². The standard InChI is InChI=1S/C12H15ClN2O/c1-2-3-4-5-6-16-12-8-10(9-14)7-11(13)15-12/h7-8H,2-6H2,1H3. The molecule has 1 rings (SSSR count). The first kappa shape index (κ1) is 12.8. The Morgan fingerprint density at radius 2 is 2.19 bits per heavy atom. The molecule has 0 atom stereocenters. The highest BCUT2D eigenvalue weighted by molar-refractivity contribution is 6.29. The lowest BCUT2D eigenvalue weighted by Gasteiger charge is -2.05. The molecule has 0 amide bonds.